The molecule has 5 nitrogen and oxygen atoms in total. The summed E-state index contributed by atoms with van der Waals surface area (Å²) in [5.41, 5.74) is -0.369. The molecule has 1 saturated heterocycles. The normalized spacial score (nSPS) is 20.0. The molecule has 2 aromatic rings. The largest absolute Gasteiger partial charge is 0.481 e. The Morgan fingerprint density at radius 1 is 1.08 bits per heavy atom. The lowest BCUT2D eigenvalue weighted by atomic mass is 9.90. The van der Waals surface area contributed by atoms with Gasteiger partial charge in [-0.25, -0.2) is 0 Å². The number of rotatable bonds is 4. The van der Waals surface area contributed by atoms with Gasteiger partial charge in [0.1, 0.15) is 11.5 Å². The number of hydrogen-bond donors (Lipinski definition) is 1. The number of likely N-dealkylation sites (tertiary alicyclic amines) is 1. The molecule has 2 aromatic carbocycles. The molecule has 0 radical (unpaired) electrons. The maximum atomic E-state index is 12.6. The highest BCUT2D eigenvalue weighted by molar-refractivity contribution is 5.95. The summed E-state index contributed by atoms with van der Waals surface area (Å²) in [7, 11) is 0. The zero-order valence-electron chi connectivity index (χ0n) is 13.4. The van der Waals surface area contributed by atoms with Crippen LogP contribution in [0, 0.1) is 5.41 Å². The third-order valence-corrected chi connectivity index (χ3v) is 4.34. The zero-order chi connectivity index (χ0) is 17.2. The standard InChI is InChI=1S/C19H19NO4/c1-19(18(22)23)10-11-20(13-19)17(21)14-6-5-9-16(12-14)24-15-7-3-2-4-8-15/h2-9,12H,10-11,13H2,1H3,(H,22,23)/t19-/m0/s1. The number of hydrogen-bond acceptors (Lipinski definition) is 3. The van der Waals surface area contributed by atoms with E-state index in [0.717, 1.165) is 0 Å². The molecule has 1 amide bonds. The van der Waals surface area contributed by atoms with Crippen LogP contribution in [-0.2, 0) is 4.79 Å². The van der Waals surface area contributed by atoms with E-state index in [-0.39, 0.29) is 12.5 Å². The van der Waals surface area contributed by atoms with Crippen LogP contribution in [0.2, 0.25) is 0 Å². The van der Waals surface area contributed by atoms with Gasteiger partial charge in [0.15, 0.2) is 0 Å². The van der Waals surface area contributed by atoms with Crippen LogP contribution in [-0.4, -0.2) is 35.0 Å². The van der Waals surface area contributed by atoms with Crippen molar-refractivity contribution in [1.82, 2.24) is 4.90 Å². The molecule has 1 atom stereocenters. The van der Waals surface area contributed by atoms with Crippen molar-refractivity contribution in [3.05, 3.63) is 60.2 Å². The molecule has 3 rings (SSSR count). The van der Waals surface area contributed by atoms with Gasteiger partial charge in [0.05, 0.1) is 5.41 Å². The molecule has 0 spiro atoms. The van der Waals surface area contributed by atoms with E-state index in [1.807, 2.05) is 30.3 Å². The molecule has 0 unspecified atom stereocenters. The van der Waals surface area contributed by atoms with Crippen molar-refractivity contribution >= 4 is 11.9 Å². The lowest BCUT2D eigenvalue weighted by molar-refractivity contribution is -0.147. The van der Waals surface area contributed by atoms with E-state index in [2.05, 4.69) is 0 Å². The molecule has 0 aromatic heterocycles. The first-order chi connectivity index (χ1) is 11.5. The lowest BCUT2D eigenvalue weighted by Gasteiger charge is -2.20. The summed E-state index contributed by atoms with van der Waals surface area (Å²) in [5.74, 6) is 0.242. The average Bonchev–Trinajstić information content (AvgIpc) is 2.99. The van der Waals surface area contributed by atoms with E-state index in [1.165, 1.54) is 0 Å². The summed E-state index contributed by atoms with van der Waals surface area (Å²) in [5, 5.41) is 9.29. The SMILES string of the molecule is C[C@]1(C(=O)O)CCN(C(=O)c2cccc(Oc3ccccc3)c2)C1. The van der Waals surface area contributed by atoms with E-state index in [9.17, 15) is 14.7 Å². The molecule has 1 aliphatic heterocycles. The van der Waals surface area contributed by atoms with Crippen molar-refractivity contribution in [2.75, 3.05) is 13.1 Å². The van der Waals surface area contributed by atoms with Crippen LogP contribution in [0.3, 0.4) is 0 Å². The third kappa shape index (κ3) is 3.25. The number of carboxylic acids is 1. The quantitative estimate of drug-likeness (QED) is 0.935. The zero-order valence-corrected chi connectivity index (χ0v) is 13.4. The van der Waals surface area contributed by atoms with Gasteiger partial charge in [-0.05, 0) is 43.7 Å². The van der Waals surface area contributed by atoms with Crippen LogP contribution in [0.1, 0.15) is 23.7 Å². The maximum absolute atomic E-state index is 12.6. The first-order valence-corrected chi connectivity index (χ1v) is 7.84. The summed E-state index contributed by atoms with van der Waals surface area (Å²) in [4.78, 5) is 25.6. The molecule has 5 heteroatoms. The number of ether oxygens (including phenoxy) is 1. The maximum Gasteiger partial charge on any atom is 0.311 e. The minimum atomic E-state index is -0.867. The van der Waals surface area contributed by atoms with E-state index >= 15 is 0 Å². The number of carbonyl (C=O) groups is 2. The Kier molecular flexibility index (Phi) is 4.25. The number of amides is 1. The Bertz CT molecular complexity index is 759. The van der Waals surface area contributed by atoms with Crippen molar-refractivity contribution in [2.24, 2.45) is 5.41 Å². The van der Waals surface area contributed by atoms with Crippen LogP contribution < -0.4 is 4.74 Å². The van der Waals surface area contributed by atoms with Crippen molar-refractivity contribution in [1.29, 1.82) is 0 Å². The predicted molar refractivity (Wildman–Crippen MR) is 89.2 cm³/mol. The Morgan fingerprint density at radius 3 is 2.46 bits per heavy atom. The van der Waals surface area contributed by atoms with Crippen molar-refractivity contribution < 1.29 is 19.4 Å². The fraction of sp³-hybridized carbons (Fsp3) is 0.263. The second kappa shape index (κ2) is 6.35. The van der Waals surface area contributed by atoms with Gasteiger partial charge in [-0.15, -0.1) is 0 Å². The third-order valence-electron chi connectivity index (χ3n) is 4.34. The van der Waals surface area contributed by atoms with Gasteiger partial charge in [0, 0.05) is 18.7 Å². The molecule has 24 heavy (non-hydrogen) atoms. The summed E-state index contributed by atoms with van der Waals surface area (Å²) >= 11 is 0. The fourth-order valence-corrected chi connectivity index (χ4v) is 2.81. The molecule has 124 valence electrons. The van der Waals surface area contributed by atoms with Crippen LogP contribution in [0.5, 0.6) is 11.5 Å². The first kappa shape index (κ1) is 16.1. The van der Waals surface area contributed by atoms with Gasteiger partial charge in [0.25, 0.3) is 5.91 Å². The molecular formula is C19H19NO4. The molecule has 1 fully saturated rings. The first-order valence-electron chi connectivity index (χ1n) is 7.84. The van der Waals surface area contributed by atoms with Crippen molar-refractivity contribution in [3.8, 4) is 11.5 Å². The van der Waals surface area contributed by atoms with Gasteiger partial charge in [0.2, 0.25) is 0 Å². The minimum Gasteiger partial charge on any atom is -0.481 e. The molecule has 1 heterocycles. The molecule has 0 saturated carbocycles. The Balaban J connectivity index is 1.74. The number of aliphatic carboxylic acids is 1. The van der Waals surface area contributed by atoms with Gasteiger partial charge in [-0.2, -0.15) is 0 Å². The van der Waals surface area contributed by atoms with Crippen LogP contribution >= 0.6 is 0 Å². The van der Waals surface area contributed by atoms with E-state index in [0.29, 0.717) is 30.0 Å². The number of carbonyl (C=O) groups excluding carboxylic acids is 1. The van der Waals surface area contributed by atoms with Crippen LogP contribution in [0.4, 0.5) is 0 Å². The van der Waals surface area contributed by atoms with Gasteiger partial charge < -0.3 is 14.7 Å². The van der Waals surface area contributed by atoms with E-state index in [4.69, 9.17) is 4.74 Å². The van der Waals surface area contributed by atoms with Crippen molar-refractivity contribution in [2.45, 2.75) is 13.3 Å². The lowest BCUT2D eigenvalue weighted by Crippen LogP contribution is -2.34. The Labute approximate surface area is 140 Å². The summed E-state index contributed by atoms with van der Waals surface area (Å²) in [6.07, 6.45) is 0.467. The van der Waals surface area contributed by atoms with Crippen LogP contribution in [0.15, 0.2) is 54.6 Å². The molecule has 1 aliphatic rings. The number of nitrogens with zero attached hydrogens (tertiary/aromatic N) is 1. The summed E-state index contributed by atoms with van der Waals surface area (Å²) < 4.78 is 5.75. The second-order valence-electron chi connectivity index (χ2n) is 6.29. The molecule has 1 N–H and O–H groups in total. The molecule has 0 aliphatic carbocycles. The second-order valence-corrected chi connectivity index (χ2v) is 6.29. The Hall–Kier alpha value is -2.82. The van der Waals surface area contributed by atoms with Gasteiger partial charge in [-0.1, -0.05) is 24.3 Å². The van der Waals surface area contributed by atoms with Gasteiger partial charge in [-0.3, -0.25) is 9.59 Å². The van der Waals surface area contributed by atoms with E-state index in [1.54, 1.807) is 36.1 Å². The number of benzene rings is 2. The topological polar surface area (TPSA) is 66.8 Å². The Morgan fingerprint density at radius 2 is 1.79 bits per heavy atom. The highest BCUT2D eigenvalue weighted by Crippen LogP contribution is 2.31. The fourth-order valence-electron chi connectivity index (χ4n) is 2.81. The van der Waals surface area contributed by atoms with Crippen LogP contribution in [0.25, 0.3) is 0 Å². The number of carboxylic acid groups (broad SMARTS) is 1. The molecular weight excluding hydrogens is 306 g/mol. The summed E-state index contributed by atoms with van der Waals surface area (Å²) in [6, 6.07) is 16.3. The molecule has 0 bridgehead atoms. The highest BCUT2D eigenvalue weighted by Gasteiger charge is 2.42. The minimum absolute atomic E-state index is 0.168. The van der Waals surface area contributed by atoms with E-state index < -0.39 is 11.4 Å². The average molecular weight is 325 g/mol. The smallest absolute Gasteiger partial charge is 0.311 e. The van der Waals surface area contributed by atoms with Gasteiger partial charge >= 0.3 is 5.97 Å². The summed E-state index contributed by atoms with van der Waals surface area (Å²) in [6.45, 7) is 2.36. The highest BCUT2D eigenvalue weighted by atomic mass is 16.5. The van der Waals surface area contributed by atoms with Crippen molar-refractivity contribution in [3.63, 3.8) is 0 Å². The number of para-hydroxylation sites is 1. The monoisotopic (exact) mass is 325 g/mol. The predicted octanol–water partition coefficient (Wildman–Crippen LogP) is 3.42.